The van der Waals surface area contributed by atoms with E-state index in [4.69, 9.17) is 4.74 Å². The maximum atomic E-state index is 6.67. The quantitative estimate of drug-likeness (QED) is 0.180. The first-order valence-electron chi connectivity index (χ1n) is 18.1. The molecule has 0 radical (unpaired) electrons. The third-order valence-electron chi connectivity index (χ3n) is 11.9. The average Bonchev–Trinajstić information content (AvgIpc) is 3.51. The number of rotatable bonds is 2. The van der Waals surface area contributed by atoms with Crippen LogP contribution in [-0.4, -0.2) is 0 Å². The van der Waals surface area contributed by atoms with Crippen molar-refractivity contribution >= 4 is 21.5 Å². The third-order valence-corrected chi connectivity index (χ3v) is 11.9. The predicted molar refractivity (Wildman–Crippen MR) is 214 cm³/mol. The van der Waals surface area contributed by atoms with E-state index in [-0.39, 0.29) is 0 Å². The molecule has 52 heavy (non-hydrogen) atoms. The Morgan fingerprint density at radius 3 is 1.81 bits per heavy atom. The third kappa shape index (κ3) is 3.48. The summed E-state index contributed by atoms with van der Waals surface area (Å²) >= 11 is 0. The van der Waals surface area contributed by atoms with Gasteiger partial charge in [0.25, 0.3) is 0 Å². The average molecular weight is 659 g/mol. The topological polar surface area (TPSA) is 9.23 Å². The highest BCUT2D eigenvalue weighted by molar-refractivity contribution is 6.13. The smallest absolute Gasteiger partial charge is 0.135 e. The van der Waals surface area contributed by atoms with E-state index in [9.17, 15) is 0 Å². The summed E-state index contributed by atoms with van der Waals surface area (Å²) in [7, 11) is 0. The van der Waals surface area contributed by atoms with Crippen molar-refractivity contribution in [1.82, 2.24) is 0 Å². The van der Waals surface area contributed by atoms with Crippen molar-refractivity contribution in [3.63, 3.8) is 0 Å². The molecule has 9 aromatic carbocycles. The van der Waals surface area contributed by atoms with E-state index in [1.54, 1.807) is 0 Å². The molecule has 0 N–H and O–H groups in total. The van der Waals surface area contributed by atoms with Crippen molar-refractivity contribution in [2.24, 2.45) is 0 Å². The summed E-state index contributed by atoms with van der Waals surface area (Å²) < 4.78 is 6.67. The molecule has 240 valence electrons. The maximum absolute atomic E-state index is 6.67. The van der Waals surface area contributed by atoms with Crippen molar-refractivity contribution in [2.75, 3.05) is 0 Å². The lowest BCUT2D eigenvalue weighted by Crippen LogP contribution is -2.31. The molecule has 1 spiro atoms. The summed E-state index contributed by atoms with van der Waals surface area (Å²) in [6.45, 7) is 0. The van der Waals surface area contributed by atoms with Crippen LogP contribution in [0.4, 0.5) is 0 Å². The van der Waals surface area contributed by atoms with E-state index >= 15 is 0 Å². The van der Waals surface area contributed by atoms with Gasteiger partial charge in [-0.25, -0.2) is 0 Å². The van der Waals surface area contributed by atoms with Crippen LogP contribution in [-0.2, 0) is 5.41 Å². The zero-order valence-corrected chi connectivity index (χ0v) is 28.2. The van der Waals surface area contributed by atoms with E-state index in [1.165, 1.54) is 88.5 Å². The van der Waals surface area contributed by atoms with Crippen LogP contribution in [0, 0.1) is 0 Å². The molecule has 1 heterocycles. The van der Waals surface area contributed by atoms with E-state index in [2.05, 4.69) is 182 Å². The summed E-state index contributed by atoms with van der Waals surface area (Å²) in [6.07, 6.45) is 0. The fourth-order valence-electron chi connectivity index (χ4n) is 9.88. The lowest BCUT2D eigenvalue weighted by Gasteiger charge is -2.40. The molecule has 1 atom stereocenters. The van der Waals surface area contributed by atoms with Crippen LogP contribution in [0.1, 0.15) is 22.3 Å². The Morgan fingerprint density at radius 2 is 0.942 bits per heavy atom. The van der Waals surface area contributed by atoms with Crippen LogP contribution in [0.5, 0.6) is 11.5 Å². The van der Waals surface area contributed by atoms with Gasteiger partial charge in [0, 0.05) is 10.9 Å². The van der Waals surface area contributed by atoms with Gasteiger partial charge < -0.3 is 4.74 Å². The van der Waals surface area contributed by atoms with Gasteiger partial charge in [0.1, 0.15) is 11.5 Å². The summed E-state index contributed by atoms with van der Waals surface area (Å²) in [4.78, 5) is 0. The van der Waals surface area contributed by atoms with Gasteiger partial charge in [-0.1, -0.05) is 164 Å². The minimum atomic E-state index is -0.450. The lowest BCUT2D eigenvalue weighted by atomic mass is 9.61. The number of hydrogen-bond acceptors (Lipinski definition) is 1. The Labute approximate surface area is 302 Å². The molecule has 12 rings (SSSR count). The second-order valence-corrected chi connectivity index (χ2v) is 14.3. The number of fused-ring (bicyclic) bond motifs is 11. The van der Waals surface area contributed by atoms with Gasteiger partial charge in [-0.2, -0.15) is 0 Å². The minimum absolute atomic E-state index is 0.450. The zero-order chi connectivity index (χ0) is 34.0. The molecular formula is C51H30O. The predicted octanol–water partition coefficient (Wildman–Crippen LogP) is 13.4. The molecule has 1 nitrogen and oxygen atoms in total. The minimum Gasteiger partial charge on any atom is -0.456 e. The van der Waals surface area contributed by atoms with Gasteiger partial charge in [-0.15, -0.1) is 0 Å². The maximum Gasteiger partial charge on any atom is 0.135 e. The molecule has 0 amide bonds. The standard InChI is InChI=1S/C51H30O/c1-2-12-31(13-3-1)33-26-28-46-41(30-33)39-20-10-19-37-34(27-29-47(52-46)50(37)39)36-21-11-25-45-49(36)40-17-5-7-23-43(40)51(45)42-22-6-4-16-35(42)38-18-8-14-32-15-9-24-44(51)48(32)38/h1-30H. The lowest BCUT2D eigenvalue weighted by molar-refractivity contribution is 0.487. The van der Waals surface area contributed by atoms with Gasteiger partial charge in [0.15, 0.2) is 0 Å². The highest BCUT2D eigenvalue weighted by Gasteiger charge is 2.50. The molecule has 1 unspecified atom stereocenters. The summed E-state index contributed by atoms with van der Waals surface area (Å²) in [5, 5.41) is 5.00. The largest absolute Gasteiger partial charge is 0.456 e. The number of ether oxygens (including phenoxy) is 1. The molecule has 1 aliphatic heterocycles. The monoisotopic (exact) mass is 658 g/mol. The first kappa shape index (κ1) is 28.0. The van der Waals surface area contributed by atoms with Crippen molar-refractivity contribution < 1.29 is 4.74 Å². The molecule has 3 aliphatic rings. The Kier molecular flexibility index (Phi) is 5.49. The van der Waals surface area contributed by atoms with Crippen molar-refractivity contribution in [3.05, 3.63) is 204 Å². The van der Waals surface area contributed by atoms with E-state index in [0.717, 1.165) is 22.4 Å². The molecule has 0 fully saturated rings. The number of hydrogen-bond donors (Lipinski definition) is 0. The first-order valence-corrected chi connectivity index (χ1v) is 18.1. The van der Waals surface area contributed by atoms with Crippen molar-refractivity contribution in [1.29, 1.82) is 0 Å². The van der Waals surface area contributed by atoms with Crippen molar-refractivity contribution in [2.45, 2.75) is 5.41 Å². The highest BCUT2D eigenvalue weighted by atomic mass is 16.5. The van der Waals surface area contributed by atoms with Gasteiger partial charge >= 0.3 is 0 Å². The summed E-state index contributed by atoms with van der Waals surface area (Å²) in [6, 6.07) is 67.2. The van der Waals surface area contributed by atoms with Gasteiger partial charge in [0.2, 0.25) is 0 Å². The van der Waals surface area contributed by atoms with Gasteiger partial charge in [0.05, 0.1) is 5.41 Å². The fraction of sp³-hybridized carbons (Fsp3) is 0.0196. The fourth-order valence-corrected chi connectivity index (χ4v) is 9.88. The van der Waals surface area contributed by atoms with Crippen molar-refractivity contribution in [3.8, 4) is 67.1 Å². The number of benzene rings is 9. The molecule has 0 saturated heterocycles. The first-order chi connectivity index (χ1) is 25.8. The normalized spacial score (nSPS) is 15.5. The highest BCUT2D eigenvalue weighted by Crippen LogP contribution is 2.63. The Morgan fingerprint density at radius 1 is 0.327 bits per heavy atom. The zero-order valence-electron chi connectivity index (χ0n) is 28.2. The van der Waals surface area contributed by atoms with Crippen LogP contribution in [0.3, 0.4) is 0 Å². The van der Waals surface area contributed by atoms with Crippen LogP contribution in [0.15, 0.2) is 182 Å². The van der Waals surface area contributed by atoms with Crippen LogP contribution in [0.25, 0.3) is 77.2 Å². The molecule has 1 heteroatoms. The molecule has 0 aromatic heterocycles. The van der Waals surface area contributed by atoms with E-state index in [0.29, 0.717) is 0 Å². The Balaban J connectivity index is 1.15. The second-order valence-electron chi connectivity index (χ2n) is 14.3. The SMILES string of the molecule is c1ccc(-c2ccc3c(c2)-c2cccc4c(-c5cccc6c5-c5ccccc5C65c6ccccc6-c6cccc7cccc5c67)ccc(c24)O3)cc1. The Hall–Kier alpha value is -6.70. The molecule has 2 aliphatic carbocycles. The molecule has 0 bridgehead atoms. The summed E-state index contributed by atoms with van der Waals surface area (Å²) in [5.74, 6) is 1.80. The second kappa shape index (κ2) is 10.2. The van der Waals surface area contributed by atoms with Crippen LogP contribution < -0.4 is 4.74 Å². The molecular weight excluding hydrogens is 629 g/mol. The molecule has 9 aromatic rings. The van der Waals surface area contributed by atoms with E-state index < -0.39 is 5.41 Å². The molecule has 0 saturated carbocycles. The Bertz CT molecular complexity index is 2980. The summed E-state index contributed by atoms with van der Waals surface area (Å²) in [5.41, 5.74) is 17.4. The van der Waals surface area contributed by atoms with Gasteiger partial charge in [-0.05, 0) is 107 Å². The van der Waals surface area contributed by atoms with Gasteiger partial charge in [-0.3, -0.25) is 0 Å². The van der Waals surface area contributed by atoms with Crippen LogP contribution >= 0.6 is 0 Å². The van der Waals surface area contributed by atoms with E-state index in [1.807, 2.05) is 0 Å². The van der Waals surface area contributed by atoms with Crippen LogP contribution in [0.2, 0.25) is 0 Å².